The van der Waals surface area contributed by atoms with Crippen LogP contribution in [0.25, 0.3) is 10.8 Å². The maximum Gasteiger partial charge on any atom is 0.414 e. The third kappa shape index (κ3) is 6.33. The third-order valence-corrected chi connectivity index (χ3v) is 5.03. The number of pyridine rings is 2. The van der Waals surface area contributed by atoms with Crippen LogP contribution in [0.5, 0.6) is 0 Å². The smallest absolute Gasteiger partial charge is 0.414 e. The molecule has 2 amide bonds. The molecule has 0 saturated carbocycles. The van der Waals surface area contributed by atoms with Crippen molar-refractivity contribution in [1.82, 2.24) is 19.8 Å². The van der Waals surface area contributed by atoms with Crippen molar-refractivity contribution in [3.63, 3.8) is 0 Å². The van der Waals surface area contributed by atoms with Gasteiger partial charge in [-0.25, -0.2) is 9.59 Å². The zero-order valence-corrected chi connectivity index (χ0v) is 17.6. The molecule has 0 spiro atoms. The van der Waals surface area contributed by atoms with Gasteiger partial charge in [0.05, 0.1) is 6.42 Å². The lowest BCUT2D eigenvalue weighted by molar-refractivity contribution is -0.159. The lowest BCUT2D eigenvalue weighted by atomic mass is 10.1. The molecule has 1 saturated heterocycles. The number of carbonyl (C=O) groups is 4. The zero-order valence-electron chi connectivity index (χ0n) is 17.6. The SMILES string of the molecule is O=C(Cc1cccnc1)N1CCN(C(=O)c2cc3ccccc3cn2)CC1.O=C(O)C(=O)O. The number of benzene rings is 1. The monoisotopic (exact) mass is 450 g/mol. The van der Waals surface area contributed by atoms with Crippen LogP contribution in [0, 0.1) is 0 Å². The maximum atomic E-state index is 12.8. The van der Waals surface area contributed by atoms with Gasteiger partial charge < -0.3 is 20.0 Å². The molecular weight excluding hydrogens is 428 g/mol. The molecule has 0 bridgehead atoms. The average Bonchev–Trinajstić information content (AvgIpc) is 2.84. The molecule has 1 aliphatic rings. The van der Waals surface area contributed by atoms with Gasteiger partial charge >= 0.3 is 11.9 Å². The largest absolute Gasteiger partial charge is 0.473 e. The van der Waals surface area contributed by atoms with Crippen LogP contribution in [0.4, 0.5) is 0 Å². The van der Waals surface area contributed by atoms with Crippen LogP contribution in [0.3, 0.4) is 0 Å². The second-order valence-electron chi connectivity index (χ2n) is 7.24. The van der Waals surface area contributed by atoms with E-state index in [1.165, 1.54) is 0 Å². The summed E-state index contributed by atoms with van der Waals surface area (Å²) in [4.78, 5) is 55.3. The number of hydrogen-bond donors (Lipinski definition) is 2. The molecule has 2 N–H and O–H groups in total. The molecule has 0 unspecified atom stereocenters. The molecule has 170 valence electrons. The van der Waals surface area contributed by atoms with Gasteiger partial charge in [0.15, 0.2) is 0 Å². The van der Waals surface area contributed by atoms with Crippen LogP contribution < -0.4 is 0 Å². The fourth-order valence-corrected chi connectivity index (χ4v) is 3.31. The number of carboxylic acid groups (broad SMARTS) is 2. The molecule has 33 heavy (non-hydrogen) atoms. The van der Waals surface area contributed by atoms with Crippen molar-refractivity contribution < 1.29 is 29.4 Å². The van der Waals surface area contributed by atoms with Gasteiger partial charge in [-0.3, -0.25) is 19.6 Å². The first-order chi connectivity index (χ1) is 15.8. The second-order valence-corrected chi connectivity index (χ2v) is 7.24. The topological polar surface area (TPSA) is 141 Å². The molecule has 1 aliphatic heterocycles. The van der Waals surface area contributed by atoms with E-state index in [1.807, 2.05) is 47.4 Å². The minimum Gasteiger partial charge on any atom is -0.473 e. The first-order valence-corrected chi connectivity index (χ1v) is 10.1. The Kier molecular flexibility index (Phi) is 7.64. The Morgan fingerprint density at radius 3 is 2.06 bits per heavy atom. The number of piperazine rings is 1. The molecule has 10 nitrogen and oxygen atoms in total. The molecule has 10 heteroatoms. The molecule has 0 radical (unpaired) electrons. The van der Waals surface area contributed by atoms with Crippen molar-refractivity contribution >= 4 is 34.5 Å². The Morgan fingerprint density at radius 2 is 1.45 bits per heavy atom. The molecule has 0 atom stereocenters. The summed E-state index contributed by atoms with van der Waals surface area (Å²) in [6, 6.07) is 13.4. The minimum atomic E-state index is -1.82. The number of nitrogens with zero attached hydrogens (tertiary/aromatic N) is 4. The first kappa shape index (κ1) is 23.3. The molecule has 3 aromatic rings. The van der Waals surface area contributed by atoms with Gasteiger partial charge in [-0.2, -0.15) is 0 Å². The fraction of sp³-hybridized carbons (Fsp3) is 0.217. The van der Waals surface area contributed by atoms with Crippen molar-refractivity contribution in [2.24, 2.45) is 0 Å². The predicted octanol–water partition coefficient (Wildman–Crippen LogP) is 1.31. The van der Waals surface area contributed by atoms with Crippen LogP contribution in [0.2, 0.25) is 0 Å². The summed E-state index contributed by atoms with van der Waals surface area (Å²) in [6.07, 6.45) is 5.48. The summed E-state index contributed by atoms with van der Waals surface area (Å²) in [5.74, 6) is -3.66. The van der Waals surface area contributed by atoms with E-state index in [1.54, 1.807) is 23.5 Å². The normalized spacial score (nSPS) is 13.1. The summed E-state index contributed by atoms with van der Waals surface area (Å²) >= 11 is 0. The molecular formula is C23H22N4O6. The Morgan fingerprint density at radius 1 is 0.818 bits per heavy atom. The second kappa shape index (κ2) is 10.8. The van der Waals surface area contributed by atoms with E-state index in [4.69, 9.17) is 19.8 Å². The number of aromatic nitrogens is 2. The number of fused-ring (bicyclic) bond motifs is 1. The van der Waals surface area contributed by atoms with E-state index in [-0.39, 0.29) is 11.8 Å². The van der Waals surface area contributed by atoms with Gasteiger partial charge in [0.1, 0.15) is 5.69 Å². The van der Waals surface area contributed by atoms with Crippen molar-refractivity contribution in [3.05, 3.63) is 72.3 Å². The molecule has 3 heterocycles. The van der Waals surface area contributed by atoms with E-state index in [9.17, 15) is 9.59 Å². The highest BCUT2D eigenvalue weighted by atomic mass is 16.4. The molecule has 2 aromatic heterocycles. The summed E-state index contributed by atoms with van der Waals surface area (Å²) in [7, 11) is 0. The van der Waals surface area contributed by atoms with Crippen LogP contribution in [0.1, 0.15) is 16.1 Å². The molecule has 0 aliphatic carbocycles. The lowest BCUT2D eigenvalue weighted by Gasteiger charge is -2.34. The van der Waals surface area contributed by atoms with Crippen LogP contribution in [-0.4, -0.2) is 79.9 Å². The Bertz CT molecular complexity index is 1150. The van der Waals surface area contributed by atoms with Crippen molar-refractivity contribution in [2.75, 3.05) is 26.2 Å². The van der Waals surface area contributed by atoms with Gasteiger partial charge in [-0.05, 0) is 23.1 Å². The van der Waals surface area contributed by atoms with Gasteiger partial charge in [0.25, 0.3) is 5.91 Å². The van der Waals surface area contributed by atoms with E-state index in [0.29, 0.717) is 38.3 Å². The summed E-state index contributed by atoms with van der Waals surface area (Å²) in [5.41, 5.74) is 1.35. The Labute approximate surface area is 189 Å². The van der Waals surface area contributed by atoms with Crippen molar-refractivity contribution in [3.8, 4) is 0 Å². The summed E-state index contributed by atoms with van der Waals surface area (Å²) in [6.45, 7) is 2.12. The van der Waals surface area contributed by atoms with Crippen molar-refractivity contribution in [2.45, 2.75) is 6.42 Å². The molecule has 1 aromatic carbocycles. The first-order valence-electron chi connectivity index (χ1n) is 10.1. The Hall–Kier alpha value is -4.34. The van der Waals surface area contributed by atoms with Crippen LogP contribution in [-0.2, 0) is 20.8 Å². The minimum absolute atomic E-state index is 0.0685. The lowest BCUT2D eigenvalue weighted by Crippen LogP contribution is -2.51. The number of carboxylic acids is 2. The van der Waals surface area contributed by atoms with Crippen LogP contribution in [0.15, 0.2) is 61.1 Å². The van der Waals surface area contributed by atoms with Crippen LogP contribution >= 0.6 is 0 Å². The van der Waals surface area contributed by atoms with E-state index >= 15 is 0 Å². The highest BCUT2D eigenvalue weighted by Gasteiger charge is 2.25. The maximum absolute atomic E-state index is 12.8. The highest BCUT2D eigenvalue weighted by molar-refractivity contribution is 6.27. The van der Waals surface area contributed by atoms with Crippen molar-refractivity contribution in [1.29, 1.82) is 0 Å². The van der Waals surface area contributed by atoms with Gasteiger partial charge in [0, 0.05) is 50.2 Å². The predicted molar refractivity (Wildman–Crippen MR) is 117 cm³/mol. The quantitative estimate of drug-likeness (QED) is 0.569. The van der Waals surface area contributed by atoms with E-state index < -0.39 is 11.9 Å². The van der Waals surface area contributed by atoms with E-state index in [0.717, 1.165) is 16.3 Å². The van der Waals surface area contributed by atoms with Gasteiger partial charge in [-0.1, -0.05) is 30.3 Å². The summed E-state index contributed by atoms with van der Waals surface area (Å²) < 4.78 is 0. The highest BCUT2D eigenvalue weighted by Crippen LogP contribution is 2.15. The number of carbonyl (C=O) groups excluding carboxylic acids is 2. The summed E-state index contributed by atoms with van der Waals surface area (Å²) in [5, 5.41) is 16.8. The third-order valence-electron chi connectivity index (χ3n) is 5.03. The number of hydrogen-bond acceptors (Lipinski definition) is 6. The zero-order chi connectivity index (χ0) is 23.8. The number of rotatable bonds is 3. The average molecular weight is 450 g/mol. The van der Waals surface area contributed by atoms with Gasteiger partial charge in [-0.15, -0.1) is 0 Å². The standard InChI is InChI=1S/C21H20N4O2.C2H2O4/c26-20(12-16-4-3-7-22-14-16)24-8-10-25(11-9-24)21(27)19-13-17-5-1-2-6-18(17)15-23-19;3-1(4)2(5)6/h1-7,13-15H,8-12H2;(H,3,4)(H,5,6). The van der Waals surface area contributed by atoms with E-state index in [2.05, 4.69) is 9.97 Å². The number of amides is 2. The molecule has 4 rings (SSSR count). The Balaban J connectivity index is 0.000000454. The fourth-order valence-electron chi connectivity index (χ4n) is 3.31. The number of aliphatic carboxylic acids is 2. The molecule has 1 fully saturated rings. The van der Waals surface area contributed by atoms with Gasteiger partial charge in [0.2, 0.25) is 5.91 Å².